The molecule has 0 heterocycles. The topological polar surface area (TPSA) is 63.5 Å². The lowest BCUT2D eigenvalue weighted by atomic mass is 10.1. The number of rotatable bonds is 3. The molecule has 0 fully saturated rings. The van der Waals surface area contributed by atoms with Crippen LogP contribution >= 0.6 is 0 Å². The van der Waals surface area contributed by atoms with Crippen LogP contribution in [0.25, 0.3) is 0 Å². The first kappa shape index (κ1) is 14.6. The van der Waals surface area contributed by atoms with E-state index >= 15 is 0 Å². The summed E-state index contributed by atoms with van der Waals surface area (Å²) in [6, 6.07) is 9.91. The van der Waals surface area contributed by atoms with Crippen LogP contribution in [0.4, 0.5) is 15.8 Å². The van der Waals surface area contributed by atoms with Crippen molar-refractivity contribution in [3.8, 4) is 0 Å². The van der Waals surface area contributed by atoms with Gasteiger partial charge in [0.25, 0.3) is 11.6 Å². The first-order valence-electron chi connectivity index (χ1n) is 6.19. The van der Waals surface area contributed by atoms with Crippen LogP contribution in [0.1, 0.15) is 15.9 Å². The molecule has 0 unspecified atom stereocenters. The normalized spacial score (nSPS) is 10.2. The second kappa shape index (κ2) is 5.70. The van der Waals surface area contributed by atoms with E-state index < -0.39 is 22.3 Å². The molecule has 21 heavy (non-hydrogen) atoms. The molecule has 1 amide bonds. The molecule has 0 bridgehead atoms. The Labute approximate surface area is 120 Å². The minimum Gasteiger partial charge on any atom is -0.311 e. The van der Waals surface area contributed by atoms with Crippen molar-refractivity contribution in [1.29, 1.82) is 0 Å². The Balaban J connectivity index is 2.41. The van der Waals surface area contributed by atoms with Crippen LogP contribution in [0.2, 0.25) is 0 Å². The SMILES string of the molecule is Cc1ccc(N(C)C(=O)c2cc(F)ccc2[N+](=O)[O-])cc1. The highest BCUT2D eigenvalue weighted by atomic mass is 19.1. The fourth-order valence-electron chi connectivity index (χ4n) is 1.91. The molecule has 2 aromatic rings. The summed E-state index contributed by atoms with van der Waals surface area (Å²) in [6.07, 6.45) is 0. The average Bonchev–Trinajstić information content (AvgIpc) is 2.46. The van der Waals surface area contributed by atoms with E-state index in [1.54, 1.807) is 12.1 Å². The number of anilines is 1. The molecular weight excluding hydrogens is 275 g/mol. The molecule has 0 aliphatic rings. The van der Waals surface area contributed by atoms with Gasteiger partial charge in [0.15, 0.2) is 0 Å². The highest BCUT2D eigenvalue weighted by Gasteiger charge is 2.24. The van der Waals surface area contributed by atoms with Gasteiger partial charge in [0.2, 0.25) is 0 Å². The maximum atomic E-state index is 13.3. The van der Waals surface area contributed by atoms with Crippen LogP contribution in [0.3, 0.4) is 0 Å². The van der Waals surface area contributed by atoms with Crippen LogP contribution in [0, 0.1) is 22.9 Å². The Hall–Kier alpha value is -2.76. The van der Waals surface area contributed by atoms with Gasteiger partial charge >= 0.3 is 0 Å². The van der Waals surface area contributed by atoms with Gasteiger partial charge in [0.1, 0.15) is 11.4 Å². The maximum absolute atomic E-state index is 13.3. The van der Waals surface area contributed by atoms with Gasteiger partial charge in [0.05, 0.1) is 4.92 Å². The van der Waals surface area contributed by atoms with Gasteiger partial charge < -0.3 is 4.90 Å². The number of halogens is 1. The largest absolute Gasteiger partial charge is 0.311 e. The zero-order valence-corrected chi connectivity index (χ0v) is 11.5. The van der Waals surface area contributed by atoms with E-state index in [2.05, 4.69) is 0 Å². The number of nitro groups is 1. The van der Waals surface area contributed by atoms with Crippen LogP contribution in [0.15, 0.2) is 42.5 Å². The molecule has 0 aliphatic carbocycles. The molecule has 6 heteroatoms. The second-order valence-corrected chi connectivity index (χ2v) is 4.62. The smallest absolute Gasteiger partial charge is 0.282 e. The summed E-state index contributed by atoms with van der Waals surface area (Å²) in [4.78, 5) is 23.9. The Bertz CT molecular complexity index is 699. The first-order valence-corrected chi connectivity index (χ1v) is 6.19. The Morgan fingerprint density at radius 2 is 1.81 bits per heavy atom. The third-order valence-electron chi connectivity index (χ3n) is 3.11. The van der Waals surface area contributed by atoms with E-state index in [9.17, 15) is 19.3 Å². The number of carbonyl (C=O) groups is 1. The van der Waals surface area contributed by atoms with E-state index in [-0.39, 0.29) is 5.56 Å². The molecule has 0 aliphatic heterocycles. The number of hydrogen-bond acceptors (Lipinski definition) is 3. The van der Waals surface area contributed by atoms with Crippen molar-refractivity contribution in [3.63, 3.8) is 0 Å². The Morgan fingerprint density at radius 3 is 2.38 bits per heavy atom. The van der Waals surface area contributed by atoms with Crippen molar-refractivity contribution in [2.24, 2.45) is 0 Å². The summed E-state index contributed by atoms with van der Waals surface area (Å²) in [5.41, 5.74) is 0.906. The number of nitro benzene ring substituents is 1. The number of aryl methyl sites for hydroxylation is 1. The van der Waals surface area contributed by atoms with Crippen molar-refractivity contribution >= 4 is 17.3 Å². The van der Waals surface area contributed by atoms with Crippen LogP contribution in [-0.4, -0.2) is 17.9 Å². The number of amides is 1. The van der Waals surface area contributed by atoms with E-state index in [1.165, 1.54) is 11.9 Å². The van der Waals surface area contributed by atoms with Gasteiger partial charge in [-0.05, 0) is 31.2 Å². The van der Waals surface area contributed by atoms with Crippen molar-refractivity contribution in [2.45, 2.75) is 6.92 Å². The fraction of sp³-hybridized carbons (Fsp3) is 0.133. The Morgan fingerprint density at radius 1 is 1.19 bits per heavy atom. The minimum absolute atomic E-state index is 0.275. The first-order chi connectivity index (χ1) is 9.90. The summed E-state index contributed by atoms with van der Waals surface area (Å²) in [5, 5.41) is 11.0. The van der Waals surface area contributed by atoms with Crippen molar-refractivity contribution < 1.29 is 14.1 Å². The summed E-state index contributed by atoms with van der Waals surface area (Å²) in [5.74, 6) is -1.33. The second-order valence-electron chi connectivity index (χ2n) is 4.62. The van der Waals surface area contributed by atoms with Gasteiger partial charge in [-0.1, -0.05) is 17.7 Å². The van der Waals surface area contributed by atoms with Gasteiger partial charge in [-0.3, -0.25) is 14.9 Å². The van der Waals surface area contributed by atoms with E-state index in [0.717, 1.165) is 23.8 Å². The molecule has 0 spiro atoms. The monoisotopic (exact) mass is 288 g/mol. The summed E-state index contributed by atoms with van der Waals surface area (Å²) in [7, 11) is 1.49. The number of carbonyl (C=O) groups excluding carboxylic acids is 1. The van der Waals surface area contributed by atoms with Crippen molar-refractivity contribution in [1.82, 2.24) is 0 Å². The lowest BCUT2D eigenvalue weighted by Gasteiger charge is -2.17. The zero-order chi connectivity index (χ0) is 15.6. The van der Waals surface area contributed by atoms with Crippen LogP contribution in [0.5, 0.6) is 0 Å². The van der Waals surface area contributed by atoms with Crippen molar-refractivity contribution in [2.75, 3.05) is 11.9 Å². The van der Waals surface area contributed by atoms with Gasteiger partial charge in [0, 0.05) is 18.8 Å². The lowest BCUT2D eigenvalue weighted by Crippen LogP contribution is -2.27. The van der Waals surface area contributed by atoms with E-state index in [1.807, 2.05) is 19.1 Å². The molecule has 2 aromatic carbocycles. The predicted molar refractivity (Wildman–Crippen MR) is 77.0 cm³/mol. The molecule has 0 radical (unpaired) electrons. The Kier molecular flexibility index (Phi) is 3.98. The molecule has 108 valence electrons. The predicted octanol–water partition coefficient (Wildman–Crippen LogP) is 3.32. The maximum Gasteiger partial charge on any atom is 0.282 e. The summed E-state index contributed by atoms with van der Waals surface area (Å²) in [6.45, 7) is 1.91. The molecule has 5 nitrogen and oxygen atoms in total. The zero-order valence-electron chi connectivity index (χ0n) is 11.5. The third kappa shape index (κ3) is 3.05. The molecular formula is C15H13FN2O3. The van der Waals surface area contributed by atoms with Gasteiger partial charge in [-0.25, -0.2) is 4.39 Å². The molecule has 2 rings (SSSR count). The van der Waals surface area contributed by atoms with Crippen LogP contribution < -0.4 is 4.90 Å². The van der Waals surface area contributed by atoms with Gasteiger partial charge in [-0.2, -0.15) is 0 Å². The van der Waals surface area contributed by atoms with E-state index in [4.69, 9.17) is 0 Å². The minimum atomic E-state index is -0.699. The van der Waals surface area contributed by atoms with Crippen LogP contribution in [-0.2, 0) is 0 Å². The van der Waals surface area contributed by atoms with Crippen molar-refractivity contribution in [3.05, 3.63) is 69.5 Å². The quantitative estimate of drug-likeness (QED) is 0.643. The molecule has 0 N–H and O–H groups in total. The number of hydrogen-bond donors (Lipinski definition) is 0. The molecule has 0 aromatic heterocycles. The van der Waals surface area contributed by atoms with E-state index in [0.29, 0.717) is 5.69 Å². The highest BCUT2D eigenvalue weighted by molar-refractivity contribution is 6.08. The molecule has 0 saturated carbocycles. The number of benzene rings is 2. The third-order valence-corrected chi connectivity index (χ3v) is 3.11. The lowest BCUT2D eigenvalue weighted by molar-refractivity contribution is -0.385. The summed E-state index contributed by atoms with van der Waals surface area (Å²) >= 11 is 0. The molecule has 0 atom stereocenters. The highest BCUT2D eigenvalue weighted by Crippen LogP contribution is 2.23. The standard InChI is InChI=1S/C15H13FN2O3/c1-10-3-6-12(7-4-10)17(2)15(19)13-9-11(16)5-8-14(13)18(20)21/h3-9H,1-2H3. The summed E-state index contributed by atoms with van der Waals surface area (Å²) < 4.78 is 13.3. The van der Waals surface area contributed by atoms with Gasteiger partial charge in [-0.15, -0.1) is 0 Å². The fourth-order valence-corrected chi connectivity index (χ4v) is 1.91. The number of nitrogens with zero attached hydrogens (tertiary/aromatic N) is 2. The average molecular weight is 288 g/mol. The molecule has 0 saturated heterocycles.